The first-order valence-electron chi connectivity index (χ1n) is 14.9. The summed E-state index contributed by atoms with van der Waals surface area (Å²) in [5, 5.41) is 4.56. The van der Waals surface area contributed by atoms with Gasteiger partial charge in [0.25, 0.3) is 0 Å². The zero-order valence-electron chi connectivity index (χ0n) is 24.7. The van der Waals surface area contributed by atoms with E-state index in [9.17, 15) is 0 Å². The standard InChI is InChI=1S/C33H44N8/c1-24(2)40-16-14-26(22-40)21-39(3)15-8-7-11-29-18-30(32-33(35)37-23-38-41(29)32)27-12-13-28(31(34)17-27)20-36-19-25-9-5-4-6-10-25/h4-6,9-10,12-13,17-18,20,23-24,26H,7-8,11,14-16,19,21-22,34H2,1-3H3,(H2,35,37,38). The van der Waals surface area contributed by atoms with Gasteiger partial charge in [-0.2, -0.15) is 5.10 Å². The van der Waals surface area contributed by atoms with Gasteiger partial charge < -0.3 is 21.3 Å². The Hall–Kier alpha value is -3.75. The molecule has 0 amide bonds. The lowest BCUT2D eigenvalue weighted by Gasteiger charge is -2.23. The van der Waals surface area contributed by atoms with Crippen LogP contribution < -0.4 is 11.5 Å². The summed E-state index contributed by atoms with van der Waals surface area (Å²) >= 11 is 0. The van der Waals surface area contributed by atoms with Gasteiger partial charge in [-0.3, -0.25) is 4.99 Å². The van der Waals surface area contributed by atoms with Gasteiger partial charge >= 0.3 is 0 Å². The number of aliphatic imine (C=N–C) groups is 1. The second-order valence-corrected chi connectivity index (χ2v) is 11.7. The monoisotopic (exact) mass is 552 g/mol. The van der Waals surface area contributed by atoms with Crippen molar-refractivity contribution in [3.63, 3.8) is 0 Å². The van der Waals surface area contributed by atoms with Crippen LogP contribution in [0.1, 0.15) is 49.9 Å². The van der Waals surface area contributed by atoms with Crippen LogP contribution >= 0.6 is 0 Å². The van der Waals surface area contributed by atoms with Crippen LogP contribution in [0.3, 0.4) is 0 Å². The number of aromatic nitrogens is 3. The third-order valence-electron chi connectivity index (χ3n) is 8.24. The van der Waals surface area contributed by atoms with Gasteiger partial charge in [0.15, 0.2) is 5.82 Å². The number of hydrogen-bond acceptors (Lipinski definition) is 7. The number of fused-ring (bicyclic) bond motifs is 1. The minimum Gasteiger partial charge on any atom is -0.398 e. The highest BCUT2D eigenvalue weighted by molar-refractivity contribution is 5.93. The first kappa shape index (κ1) is 28.8. The van der Waals surface area contributed by atoms with Gasteiger partial charge in [0.2, 0.25) is 0 Å². The van der Waals surface area contributed by atoms with E-state index in [0.29, 0.717) is 24.1 Å². The molecule has 0 spiro atoms. The predicted octanol–water partition coefficient (Wildman–Crippen LogP) is 5.16. The summed E-state index contributed by atoms with van der Waals surface area (Å²) in [6.07, 6.45) is 7.85. The predicted molar refractivity (Wildman–Crippen MR) is 170 cm³/mol. The Morgan fingerprint density at radius 1 is 1.10 bits per heavy atom. The lowest BCUT2D eigenvalue weighted by Crippen LogP contribution is -2.31. The molecule has 1 unspecified atom stereocenters. The molecule has 4 N–H and O–H groups in total. The van der Waals surface area contributed by atoms with Gasteiger partial charge in [-0.1, -0.05) is 42.5 Å². The molecule has 1 atom stereocenters. The molecule has 5 rings (SSSR count). The van der Waals surface area contributed by atoms with Crippen molar-refractivity contribution in [3.05, 3.63) is 77.7 Å². The second kappa shape index (κ2) is 13.3. The van der Waals surface area contributed by atoms with E-state index in [0.717, 1.165) is 59.6 Å². The fourth-order valence-corrected chi connectivity index (χ4v) is 5.92. The number of hydrogen-bond donors (Lipinski definition) is 2. The van der Waals surface area contributed by atoms with Gasteiger partial charge in [0.1, 0.15) is 11.8 Å². The van der Waals surface area contributed by atoms with Crippen LogP contribution in [-0.2, 0) is 13.0 Å². The summed E-state index contributed by atoms with van der Waals surface area (Å²) < 4.78 is 1.95. The van der Waals surface area contributed by atoms with E-state index >= 15 is 0 Å². The maximum Gasteiger partial charge on any atom is 0.151 e. The zero-order valence-corrected chi connectivity index (χ0v) is 24.7. The molecule has 0 saturated carbocycles. The van der Waals surface area contributed by atoms with Gasteiger partial charge in [-0.25, -0.2) is 9.50 Å². The Labute approximate surface area is 244 Å². The van der Waals surface area contributed by atoms with E-state index in [-0.39, 0.29) is 0 Å². The average Bonchev–Trinajstić information content (AvgIpc) is 3.58. The van der Waals surface area contributed by atoms with Crippen LogP contribution in [0.2, 0.25) is 0 Å². The van der Waals surface area contributed by atoms with Crippen LogP contribution in [0.15, 0.2) is 65.9 Å². The van der Waals surface area contributed by atoms with Crippen molar-refractivity contribution in [2.45, 2.75) is 52.1 Å². The molecular formula is C33H44N8. The van der Waals surface area contributed by atoms with Crippen molar-refractivity contribution in [1.29, 1.82) is 0 Å². The molecule has 216 valence electrons. The van der Waals surface area contributed by atoms with Crippen LogP contribution in [0.4, 0.5) is 11.5 Å². The molecule has 1 saturated heterocycles. The molecular weight excluding hydrogens is 508 g/mol. The fourth-order valence-electron chi connectivity index (χ4n) is 5.92. The third-order valence-corrected chi connectivity index (χ3v) is 8.24. The Kier molecular flexibility index (Phi) is 9.31. The molecule has 2 aromatic heterocycles. The Morgan fingerprint density at radius 3 is 2.68 bits per heavy atom. The summed E-state index contributed by atoms with van der Waals surface area (Å²) in [4.78, 5) is 14.0. The first-order valence-corrected chi connectivity index (χ1v) is 14.9. The van der Waals surface area contributed by atoms with Gasteiger partial charge in [-0.15, -0.1) is 0 Å². The Balaban J connectivity index is 1.22. The number of nitrogen functional groups attached to an aromatic ring is 2. The molecule has 3 heterocycles. The minimum atomic E-state index is 0.472. The van der Waals surface area contributed by atoms with E-state index in [2.05, 4.69) is 70.0 Å². The van der Waals surface area contributed by atoms with E-state index in [4.69, 9.17) is 11.5 Å². The second-order valence-electron chi connectivity index (χ2n) is 11.7. The van der Waals surface area contributed by atoms with Crippen molar-refractivity contribution >= 4 is 23.2 Å². The number of likely N-dealkylation sites (tertiary alicyclic amines) is 1. The molecule has 1 aliphatic rings. The maximum absolute atomic E-state index is 6.47. The zero-order chi connectivity index (χ0) is 28.8. The molecule has 0 radical (unpaired) electrons. The van der Waals surface area contributed by atoms with Gasteiger partial charge in [0, 0.05) is 47.9 Å². The number of aryl methyl sites for hydroxylation is 1. The average molecular weight is 553 g/mol. The van der Waals surface area contributed by atoms with Crippen molar-refractivity contribution < 1.29 is 0 Å². The SMILES string of the molecule is CC(C)N1CCC(CN(C)CCCCc2cc(-c3ccc(C=NCc4ccccc4)c(N)c3)c3c(N)ncnn23)C1. The summed E-state index contributed by atoms with van der Waals surface area (Å²) in [5.41, 5.74) is 19.6. The smallest absolute Gasteiger partial charge is 0.151 e. The Bertz CT molecular complexity index is 1460. The number of unbranched alkanes of at least 4 members (excludes halogenated alkanes) is 1. The molecule has 2 aromatic carbocycles. The van der Waals surface area contributed by atoms with Crippen LogP contribution in [-0.4, -0.2) is 69.9 Å². The van der Waals surface area contributed by atoms with Crippen molar-refractivity contribution in [1.82, 2.24) is 24.4 Å². The molecule has 8 heteroatoms. The summed E-state index contributed by atoms with van der Waals surface area (Å²) in [7, 11) is 2.26. The van der Waals surface area contributed by atoms with Crippen molar-refractivity contribution in [2.75, 3.05) is 44.7 Å². The quantitative estimate of drug-likeness (QED) is 0.143. The highest BCUT2D eigenvalue weighted by Gasteiger charge is 2.25. The maximum atomic E-state index is 6.47. The minimum absolute atomic E-state index is 0.472. The summed E-state index contributed by atoms with van der Waals surface area (Å²) in [6.45, 7) is 9.98. The van der Waals surface area contributed by atoms with Gasteiger partial charge in [-0.05, 0) is 88.8 Å². The lowest BCUT2D eigenvalue weighted by molar-refractivity contribution is 0.236. The molecule has 1 aliphatic heterocycles. The highest BCUT2D eigenvalue weighted by Crippen LogP contribution is 2.32. The summed E-state index contributed by atoms with van der Waals surface area (Å²) in [5.74, 6) is 1.26. The lowest BCUT2D eigenvalue weighted by atomic mass is 10.0. The molecule has 0 aliphatic carbocycles. The molecule has 1 fully saturated rings. The number of rotatable bonds is 12. The third kappa shape index (κ3) is 7.13. The van der Waals surface area contributed by atoms with Crippen molar-refractivity contribution in [3.8, 4) is 11.1 Å². The van der Waals surface area contributed by atoms with Crippen LogP contribution in [0.25, 0.3) is 16.6 Å². The molecule has 0 bridgehead atoms. The van der Waals surface area contributed by atoms with Crippen LogP contribution in [0, 0.1) is 5.92 Å². The largest absolute Gasteiger partial charge is 0.398 e. The number of nitrogens with two attached hydrogens (primary N) is 2. The van der Waals surface area contributed by atoms with E-state index in [1.165, 1.54) is 37.9 Å². The highest BCUT2D eigenvalue weighted by atomic mass is 15.3. The molecule has 8 nitrogen and oxygen atoms in total. The first-order chi connectivity index (χ1) is 19.9. The summed E-state index contributed by atoms with van der Waals surface area (Å²) in [6, 6.07) is 19.1. The number of benzene rings is 2. The number of anilines is 2. The topological polar surface area (TPSA) is 101 Å². The fraction of sp³-hybridized carbons (Fsp3) is 0.424. The van der Waals surface area contributed by atoms with E-state index in [1.807, 2.05) is 41.1 Å². The Morgan fingerprint density at radius 2 is 1.93 bits per heavy atom. The molecule has 4 aromatic rings. The normalized spacial score (nSPS) is 16.2. The van der Waals surface area contributed by atoms with E-state index < -0.39 is 0 Å². The van der Waals surface area contributed by atoms with Crippen molar-refractivity contribution in [2.24, 2.45) is 10.9 Å². The molecule has 41 heavy (non-hydrogen) atoms. The van der Waals surface area contributed by atoms with E-state index in [1.54, 1.807) is 0 Å². The number of nitrogens with zero attached hydrogens (tertiary/aromatic N) is 6. The van der Waals surface area contributed by atoms with Gasteiger partial charge in [0.05, 0.1) is 6.54 Å². The van der Waals surface area contributed by atoms with Crippen LogP contribution in [0.5, 0.6) is 0 Å².